The lowest BCUT2D eigenvalue weighted by Gasteiger charge is -2.34. The molecule has 2 rings (SSSR count). The summed E-state index contributed by atoms with van der Waals surface area (Å²) in [7, 11) is 0. The van der Waals surface area contributed by atoms with Gasteiger partial charge in [-0.05, 0) is 38.4 Å². The van der Waals surface area contributed by atoms with Gasteiger partial charge in [0.2, 0.25) is 0 Å². The van der Waals surface area contributed by atoms with Gasteiger partial charge in [-0.1, -0.05) is 6.92 Å². The van der Waals surface area contributed by atoms with E-state index in [1.807, 2.05) is 4.90 Å². The van der Waals surface area contributed by atoms with Gasteiger partial charge in [-0.3, -0.25) is 9.89 Å². The first kappa shape index (κ1) is 12.1. The fraction of sp³-hybridized carbons (Fsp3) is 0.667. The zero-order valence-electron chi connectivity index (χ0n) is 10.3. The Kier molecular flexibility index (Phi) is 4.14. The molecule has 94 valence electrons. The third-order valence-electron chi connectivity index (χ3n) is 3.21. The summed E-state index contributed by atoms with van der Waals surface area (Å²) in [5, 5.41) is 9.93. The highest BCUT2D eigenvalue weighted by molar-refractivity contribution is 5.92. The van der Waals surface area contributed by atoms with Crippen LogP contribution < -0.4 is 5.32 Å². The Morgan fingerprint density at radius 3 is 2.88 bits per heavy atom. The first-order valence-corrected chi connectivity index (χ1v) is 6.34. The van der Waals surface area contributed by atoms with Crippen LogP contribution in [0.25, 0.3) is 0 Å². The van der Waals surface area contributed by atoms with Crippen molar-refractivity contribution < 1.29 is 4.79 Å². The molecule has 1 aliphatic rings. The zero-order valence-corrected chi connectivity index (χ0v) is 10.3. The topological polar surface area (TPSA) is 61.0 Å². The summed E-state index contributed by atoms with van der Waals surface area (Å²) in [6.07, 6.45) is 4.70. The van der Waals surface area contributed by atoms with Gasteiger partial charge in [-0.2, -0.15) is 5.10 Å². The molecule has 1 aromatic heterocycles. The predicted molar refractivity (Wildman–Crippen MR) is 65.8 cm³/mol. The van der Waals surface area contributed by atoms with E-state index < -0.39 is 0 Å². The zero-order chi connectivity index (χ0) is 12.1. The van der Waals surface area contributed by atoms with Gasteiger partial charge in [0.05, 0.1) is 0 Å². The number of H-pyrrole nitrogens is 1. The Hall–Kier alpha value is -1.36. The highest BCUT2D eigenvalue weighted by atomic mass is 16.2. The maximum atomic E-state index is 12.3. The van der Waals surface area contributed by atoms with Crippen molar-refractivity contribution in [2.45, 2.75) is 32.2 Å². The highest BCUT2D eigenvalue weighted by Crippen LogP contribution is 2.15. The second kappa shape index (κ2) is 5.82. The van der Waals surface area contributed by atoms with Crippen LogP contribution in [-0.2, 0) is 0 Å². The van der Waals surface area contributed by atoms with Gasteiger partial charge in [-0.25, -0.2) is 0 Å². The summed E-state index contributed by atoms with van der Waals surface area (Å²) < 4.78 is 0. The molecule has 1 aromatic rings. The predicted octanol–water partition coefficient (Wildman–Crippen LogP) is 1.01. The highest BCUT2D eigenvalue weighted by Gasteiger charge is 2.25. The Bertz CT molecular complexity index is 343. The van der Waals surface area contributed by atoms with Crippen molar-refractivity contribution in [2.24, 2.45) is 0 Å². The molecule has 1 amide bonds. The number of piperidine rings is 1. The first-order chi connectivity index (χ1) is 8.33. The SMILES string of the molecule is CCCN(C(=O)c1ccn[nH]1)C1CCNCC1. The van der Waals surface area contributed by atoms with E-state index in [9.17, 15) is 4.79 Å². The van der Waals surface area contributed by atoms with E-state index in [0.717, 1.165) is 38.9 Å². The molecule has 5 nitrogen and oxygen atoms in total. The third kappa shape index (κ3) is 2.85. The molecular weight excluding hydrogens is 216 g/mol. The van der Waals surface area contributed by atoms with E-state index in [1.165, 1.54) is 0 Å². The molecule has 1 fully saturated rings. The quantitative estimate of drug-likeness (QED) is 0.820. The molecule has 0 saturated carbocycles. The van der Waals surface area contributed by atoms with Crippen molar-refractivity contribution in [3.63, 3.8) is 0 Å². The van der Waals surface area contributed by atoms with Crippen LogP contribution in [0.5, 0.6) is 0 Å². The van der Waals surface area contributed by atoms with Crippen LogP contribution in [0.1, 0.15) is 36.7 Å². The molecule has 0 atom stereocenters. The first-order valence-electron chi connectivity index (χ1n) is 6.34. The molecule has 5 heteroatoms. The van der Waals surface area contributed by atoms with E-state index in [4.69, 9.17) is 0 Å². The maximum absolute atomic E-state index is 12.3. The van der Waals surface area contributed by atoms with E-state index in [-0.39, 0.29) is 5.91 Å². The summed E-state index contributed by atoms with van der Waals surface area (Å²) >= 11 is 0. The normalized spacial score (nSPS) is 17.0. The lowest BCUT2D eigenvalue weighted by molar-refractivity contribution is 0.0636. The van der Waals surface area contributed by atoms with Crippen LogP contribution in [0.4, 0.5) is 0 Å². The van der Waals surface area contributed by atoms with Crippen molar-refractivity contribution in [1.82, 2.24) is 20.4 Å². The average Bonchev–Trinajstić information content (AvgIpc) is 2.90. The number of amides is 1. The van der Waals surface area contributed by atoms with Crippen molar-refractivity contribution in [3.05, 3.63) is 18.0 Å². The van der Waals surface area contributed by atoms with Crippen molar-refractivity contribution in [1.29, 1.82) is 0 Å². The van der Waals surface area contributed by atoms with Gasteiger partial charge in [0.1, 0.15) is 5.69 Å². The number of nitrogens with one attached hydrogen (secondary N) is 2. The number of nitrogens with zero attached hydrogens (tertiary/aromatic N) is 2. The fourth-order valence-corrected chi connectivity index (χ4v) is 2.34. The van der Waals surface area contributed by atoms with Gasteiger partial charge in [0, 0.05) is 18.8 Å². The standard InChI is InChI=1S/C12H20N4O/c1-2-9-16(10-3-6-13-7-4-10)12(17)11-5-8-14-15-11/h5,8,10,13H,2-4,6-7,9H2,1H3,(H,14,15). The van der Waals surface area contributed by atoms with Gasteiger partial charge < -0.3 is 10.2 Å². The minimum Gasteiger partial charge on any atom is -0.334 e. The van der Waals surface area contributed by atoms with Gasteiger partial charge in [0.25, 0.3) is 5.91 Å². The molecule has 17 heavy (non-hydrogen) atoms. The van der Waals surface area contributed by atoms with E-state index >= 15 is 0 Å². The number of aromatic nitrogens is 2. The average molecular weight is 236 g/mol. The number of hydrogen-bond donors (Lipinski definition) is 2. The minimum atomic E-state index is 0.0799. The molecule has 0 aromatic carbocycles. The molecule has 2 heterocycles. The number of aromatic amines is 1. The smallest absolute Gasteiger partial charge is 0.272 e. The van der Waals surface area contributed by atoms with Crippen molar-refractivity contribution in [2.75, 3.05) is 19.6 Å². The second-order valence-electron chi connectivity index (χ2n) is 4.45. The lowest BCUT2D eigenvalue weighted by atomic mass is 10.0. The van der Waals surface area contributed by atoms with Gasteiger partial charge in [-0.15, -0.1) is 0 Å². The molecule has 1 aliphatic heterocycles. The molecule has 0 spiro atoms. The van der Waals surface area contributed by atoms with Gasteiger partial charge >= 0.3 is 0 Å². The van der Waals surface area contributed by atoms with Crippen LogP contribution in [0.2, 0.25) is 0 Å². The van der Waals surface area contributed by atoms with E-state index in [1.54, 1.807) is 12.3 Å². The van der Waals surface area contributed by atoms with E-state index in [0.29, 0.717) is 11.7 Å². The maximum Gasteiger partial charge on any atom is 0.272 e. The van der Waals surface area contributed by atoms with Crippen LogP contribution >= 0.6 is 0 Å². The number of carbonyl (C=O) groups is 1. The van der Waals surface area contributed by atoms with Crippen molar-refractivity contribution in [3.8, 4) is 0 Å². The molecule has 0 bridgehead atoms. The molecule has 0 radical (unpaired) electrons. The Labute approximate surface area is 102 Å². The number of rotatable bonds is 4. The monoisotopic (exact) mass is 236 g/mol. The summed E-state index contributed by atoms with van der Waals surface area (Å²) in [6, 6.07) is 2.11. The summed E-state index contributed by atoms with van der Waals surface area (Å²) in [4.78, 5) is 14.3. The molecular formula is C12H20N4O. The van der Waals surface area contributed by atoms with Crippen LogP contribution in [-0.4, -0.2) is 46.7 Å². The van der Waals surface area contributed by atoms with Crippen LogP contribution in [0.15, 0.2) is 12.3 Å². The van der Waals surface area contributed by atoms with Crippen molar-refractivity contribution >= 4 is 5.91 Å². The number of carbonyl (C=O) groups excluding carboxylic acids is 1. The summed E-state index contributed by atoms with van der Waals surface area (Å²) in [5.41, 5.74) is 0.594. The Balaban J connectivity index is 2.07. The Morgan fingerprint density at radius 2 is 2.29 bits per heavy atom. The minimum absolute atomic E-state index is 0.0799. The third-order valence-corrected chi connectivity index (χ3v) is 3.21. The molecule has 0 unspecified atom stereocenters. The second-order valence-corrected chi connectivity index (χ2v) is 4.45. The molecule has 2 N–H and O–H groups in total. The van der Waals surface area contributed by atoms with Gasteiger partial charge in [0.15, 0.2) is 0 Å². The summed E-state index contributed by atoms with van der Waals surface area (Å²) in [6.45, 7) is 4.93. The summed E-state index contributed by atoms with van der Waals surface area (Å²) in [5.74, 6) is 0.0799. The van der Waals surface area contributed by atoms with Crippen LogP contribution in [0, 0.1) is 0 Å². The molecule has 1 saturated heterocycles. The number of hydrogen-bond acceptors (Lipinski definition) is 3. The molecule has 0 aliphatic carbocycles. The fourth-order valence-electron chi connectivity index (χ4n) is 2.34. The largest absolute Gasteiger partial charge is 0.334 e. The lowest BCUT2D eigenvalue weighted by Crippen LogP contribution is -2.46. The van der Waals surface area contributed by atoms with E-state index in [2.05, 4.69) is 22.4 Å². The van der Waals surface area contributed by atoms with Crippen LogP contribution in [0.3, 0.4) is 0 Å². The Morgan fingerprint density at radius 1 is 1.53 bits per heavy atom.